The van der Waals surface area contributed by atoms with Gasteiger partial charge in [-0.2, -0.15) is 0 Å². The molecule has 0 aromatic carbocycles. The summed E-state index contributed by atoms with van der Waals surface area (Å²) in [5, 5.41) is 13.7. The van der Waals surface area contributed by atoms with Crippen molar-refractivity contribution in [1.82, 2.24) is 9.97 Å². The van der Waals surface area contributed by atoms with Crippen LogP contribution in [-0.4, -0.2) is 39.9 Å². The molecule has 5 nitrogen and oxygen atoms in total. The molecule has 0 spiro atoms. The Balaban J connectivity index is 2.09. The van der Waals surface area contributed by atoms with Gasteiger partial charge < -0.3 is 15.2 Å². The van der Waals surface area contributed by atoms with Gasteiger partial charge in [-0.1, -0.05) is 11.6 Å². The van der Waals surface area contributed by atoms with E-state index in [0.717, 1.165) is 11.4 Å². The fourth-order valence-corrected chi connectivity index (χ4v) is 2.16. The molecule has 2 N–H and O–H groups in total. The molecular formula is C12H18ClN3O2. The fourth-order valence-electron chi connectivity index (χ4n) is 1.93. The average molecular weight is 272 g/mol. The average Bonchev–Trinajstić information content (AvgIpc) is 2.63. The number of anilines is 1. The molecule has 2 heterocycles. The summed E-state index contributed by atoms with van der Waals surface area (Å²) < 4.78 is 5.37. The van der Waals surface area contributed by atoms with Gasteiger partial charge in [0, 0.05) is 19.6 Å². The monoisotopic (exact) mass is 271 g/mol. The number of ether oxygens (including phenoxy) is 1. The molecule has 0 amide bonds. The molecule has 2 unspecified atom stereocenters. The van der Waals surface area contributed by atoms with Gasteiger partial charge in [-0.15, -0.1) is 0 Å². The lowest BCUT2D eigenvalue weighted by atomic mass is 9.97. The first-order valence-electron chi connectivity index (χ1n) is 6.01. The largest absolute Gasteiger partial charge is 0.385 e. The minimum Gasteiger partial charge on any atom is -0.385 e. The second-order valence-electron chi connectivity index (χ2n) is 4.75. The highest BCUT2D eigenvalue weighted by Gasteiger charge is 2.39. The molecule has 1 aliphatic heterocycles. The Labute approximate surface area is 112 Å². The highest BCUT2D eigenvalue weighted by molar-refractivity contribution is 6.31. The summed E-state index contributed by atoms with van der Waals surface area (Å²) in [7, 11) is 0. The summed E-state index contributed by atoms with van der Waals surface area (Å²) in [5.41, 5.74) is 0.760. The number of rotatable bonds is 3. The molecule has 2 rings (SSSR count). The Kier molecular flexibility index (Phi) is 3.75. The summed E-state index contributed by atoms with van der Waals surface area (Å²) in [6.45, 7) is 6.53. The Morgan fingerprint density at radius 2 is 2.11 bits per heavy atom. The molecule has 0 bridgehead atoms. The van der Waals surface area contributed by atoms with E-state index in [0.29, 0.717) is 30.5 Å². The first-order chi connectivity index (χ1) is 8.42. The number of halogens is 1. The topological polar surface area (TPSA) is 67.3 Å². The predicted octanol–water partition coefficient (Wildman–Crippen LogP) is 1.70. The first-order valence-corrected chi connectivity index (χ1v) is 6.39. The number of hydrogen-bond donors (Lipinski definition) is 2. The standard InChI is InChI=1S/C12H18ClN3O2/c1-7-8(2)16-11(10(13)15-7)14-6-12(17)4-5-18-9(12)3/h9,17H,4-6H2,1-3H3,(H,14,16). The zero-order valence-electron chi connectivity index (χ0n) is 10.8. The normalized spacial score (nSPS) is 27.5. The second-order valence-corrected chi connectivity index (χ2v) is 5.11. The molecule has 100 valence electrons. The lowest BCUT2D eigenvalue weighted by Crippen LogP contribution is -2.43. The highest BCUT2D eigenvalue weighted by atomic mass is 35.5. The molecule has 2 atom stereocenters. The van der Waals surface area contributed by atoms with Gasteiger partial charge in [0.2, 0.25) is 0 Å². The summed E-state index contributed by atoms with van der Waals surface area (Å²) >= 11 is 6.02. The molecular weight excluding hydrogens is 254 g/mol. The summed E-state index contributed by atoms with van der Waals surface area (Å²) in [6.07, 6.45) is 0.417. The van der Waals surface area contributed by atoms with E-state index in [9.17, 15) is 5.11 Å². The molecule has 18 heavy (non-hydrogen) atoms. The summed E-state index contributed by atoms with van der Waals surface area (Å²) in [6, 6.07) is 0. The van der Waals surface area contributed by atoms with E-state index in [-0.39, 0.29) is 6.10 Å². The van der Waals surface area contributed by atoms with Crippen molar-refractivity contribution in [2.75, 3.05) is 18.5 Å². The van der Waals surface area contributed by atoms with Crippen molar-refractivity contribution < 1.29 is 9.84 Å². The number of nitrogens with zero attached hydrogens (tertiary/aromatic N) is 2. The third kappa shape index (κ3) is 2.58. The molecule has 0 saturated carbocycles. The molecule has 1 aromatic rings. The van der Waals surface area contributed by atoms with Crippen LogP contribution in [-0.2, 0) is 4.74 Å². The molecule has 0 radical (unpaired) electrons. The van der Waals surface area contributed by atoms with Crippen LogP contribution < -0.4 is 5.32 Å². The Morgan fingerprint density at radius 3 is 2.72 bits per heavy atom. The van der Waals surface area contributed by atoms with Gasteiger partial charge in [0.15, 0.2) is 11.0 Å². The van der Waals surface area contributed by atoms with Crippen LogP contribution in [0.25, 0.3) is 0 Å². The van der Waals surface area contributed by atoms with E-state index in [1.165, 1.54) is 0 Å². The molecule has 1 saturated heterocycles. The Hall–Kier alpha value is -0.910. The van der Waals surface area contributed by atoms with E-state index in [1.54, 1.807) is 0 Å². The van der Waals surface area contributed by atoms with Crippen LogP contribution in [0.1, 0.15) is 24.7 Å². The van der Waals surface area contributed by atoms with E-state index in [2.05, 4.69) is 15.3 Å². The number of aliphatic hydroxyl groups is 1. The number of hydrogen-bond acceptors (Lipinski definition) is 5. The van der Waals surface area contributed by atoms with E-state index < -0.39 is 5.60 Å². The molecule has 1 aromatic heterocycles. The molecule has 1 aliphatic rings. The van der Waals surface area contributed by atoms with Crippen molar-refractivity contribution in [1.29, 1.82) is 0 Å². The SMILES string of the molecule is Cc1nc(Cl)c(NCC2(O)CCOC2C)nc1C. The maximum atomic E-state index is 10.4. The first kappa shape index (κ1) is 13.5. The third-order valence-corrected chi connectivity index (χ3v) is 3.75. The smallest absolute Gasteiger partial charge is 0.171 e. The van der Waals surface area contributed by atoms with Gasteiger partial charge in [0.25, 0.3) is 0 Å². The minimum absolute atomic E-state index is 0.191. The van der Waals surface area contributed by atoms with Gasteiger partial charge in [0.05, 0.1) is 17.5 Å². The Bertz CT molecular complexity index is 455. The lowest BCUT2D eigenvalue weighted by molar-refractivity contribution is -0.0176. The van der Waals surface area contributed by atoms with Crippen molar-refractivity contribution in [3.05, 3.63) is 16.5 Å². The minimum atomic E-state index is -0.871. The van der Waals surface area contributed by atoms with Crippen LogP contribution in [0, 0.1) is 13.8 Å². The van der Waals surface area contributed by atoms with Crippen LogP contribution >= 0.6 is 11.6 Å². The quantitative estimate of drug-likeness (QED) is 0.876. The van der Waals surface area contributed by atoms with Crippen molar-refractivity contribution in [2.24, 2.45) is 0 Å². The maximum Gasteiger partial charge on any atom is 0.171 e. The van der Waals surface area contributed by atoms with Crippen molar-refractivity contribution in [3.8, 4) is 0 Å². The van der Waals surface area contributed by atoms with Crippen LogP contribution in [0.3, 0.4) is 0 Å². The van der Waals surface area contributed by atoms with Gasteiger partial charge >= 0.3 is 0 Å². The molecule has 1 fully saturated rings. The fraction of sp³-hybridized carbons (Fsp3) is 0.667. The molecule has 0 aliphatic carbocycles. The maximum absolute atomic E-state index is 10.4. The van der Waals surface area contributed by atoms with Gasteiger partial charge in [0.1, 0.15) is 5.60 Å². The second kappa shape index (κ2) is 4.99. The van der Waals surface area contributed by atoms with Crippen LogP contribution in [0.4, 0.5) is 5.82 Å². The Morgan fingerprint density at radius 1 is 1.44 bits per heavy atom. The van der Waals surface area contributed by atoms with E-state index in [4.69, 9.17) is 16.3 Å². The zero-order chi connectivity index (χ0) is 13.3. The number of aromatic nitrogens is 2. The van der Waals surface area contributed by atoms with Crippen LogP contribution in [0.5, 0.6) is 0 Å². The van der Waals surface area contributed by atoms with E-state index in [1.807, 2.05) is 20.8 Å². The van der Waals surface area contributed by atoms with Gasteiger partial charge in [-0.05, 0) is 20.8 Å². The van der Waals surface area contributed by atoms with Crippen molar-refractivity contribution in [2.45, 2.75) is 38.9 Å². The number of nitrogens with one attached hydrogen (secondary N) is 1. The van der Waals surface area contributed by atoms with Crippen LogP contribution in [0.2, 0.25) is 5.15 Å². The third-order valence-electron chi connectivity index (χ3n) is 3.49. The van der Waals surface area contributed by atoms with Gasteiger partial charge in [-0.3, -0.25) is 0 Å². The van der Waals surface area contributed by atoms with Crippen molar-refractivity contribution >= 4 is 17.4 Å². The zero-order valence-corrected chi connectivity index (χ0v) is 11.6. The summed E-state index contributed by atoms with van der Waals surface area (Å²) in [5.74, 6) is 0.507. The van der Waals surface area contributed by atoms with Crippen LogP contribution in [0.15, 0.2) is 0 Å². The van der Waals surface area contributed by atoms with Crippen molar-refractivity contribution in [3.63, 3.8) is 0 Å². The van der Waals surface area contributed by atoms with E-state index >= 15 is 0 Å². The van der Waals surface area contributed by atoms with Gasteiger partial charge in [-0.25, -0.2) is 9.97 Å². The summed E-state index contributed by atoms with van der Waals surface area (Å²) in [4.78, 5) is 8.52. The predicted molar refractivity (Wildman–Crippen MR) is 70.0 cm³/mol. The highest BCUT2D eigenvalue weighted by Crippen LogP contribution is 2.27. The molecule has 6 heteroatoms. The lowest BCUT2D eigenvalue weighted by Gasteiger charge is -2.26. The number of aryl methyl sites for hydroxylation is 2.